The van der Waals surface area contributed by atoms with Crippen LogP contribution >= 0.6 is 0 Å². The molecule has 0 saturated heterocycles. The Bertz CT molecular complexity index is 2650. The summed E-state index contributed by atoms with van der Waals surface area (Å²) in [6.45, 7) is 23.8. The first-order chi connectivity index (χ1) is 29.5. The van der Waals surface area contributed by atoms with Crippen molar-refractivity contribution in [3.05, 3.63) is 123 Å². The van der Waals surface area contributed by atoms with E-state index in [9.17, 15) is 10.1 Å². The quantitative estimate of drug-likeness (QED) is 0.151. The third-order valence-corrected chi connectivity index (χ3v) is 17.7. The van der Waals surface area contributed by atoms with E-state index in [4.69, 9.17) is 9.16 Å². The van der Waals surface area contributed by atoms with Crippen LogP contribution in [0.2, 0.25) is 18.1 Å². The Morgan fingerprint density at radius 2 is 1.48 bits per heavy atom. The normalized spacial score (nSPS) is 15.3. The van der Waals surface area contributed by atoms with Gasteiger partial charge in [-0.15, -0.1) is 0 Å². The summed E-state index contributed by atoms with van der Waals surface area (Å²) in [6, 6.07) is 25.8. The van der Waals surface area contributed by atoms with Crippen molar-refractivity contribution >= 4 is 37.6 Å². The van der Waals surface area contributed by atoms with Crippen LogP contribution in [0.15, 0.2) is 72.8 Å². The van der Waals surface area contributed by atoms with Crippen LogP contribution in [0.3, 0.4) is 0 Å². The SMILES string of the molecule is Cc1c(N(C(=O)c2cc(-c3cc4c(cc3C(=O)N3Cc5ccccc5C[C@H]3C)CN(C(=O)OC(C)(C)C)CC4)n(C)c2C)c2ccc(O[Si](C)(C)C(C)(C)C)cc2)cc(C#N)n1C. The van der Waals surface area contributed by atoms with Crippen LogP contribution in [0.25, 0.3) is 11.3 Å². The number of ether oxygens (including phenoxy) is 1. The third kappa shape index (κ3) is 8.68. The average molecular weight is 867 g/mol. The number of amides is 3. The summed E-state index contributed by atoms with van der Waals surface area (Å²) in [4.78, 5) is 49.0. The van der Waals surface area contributed by atoms with Crippen molar-refractivity contribution in [2.24, 2.45) is 14.1 Å². The summed E-state index contributed by atoms with van der Waals surface area (Å²) < 4.78 is 16.1. The second kappa shape index (κ2) is 16.6. The van der Waals surface area contributed by atoms with E-state index in [1.54, 1.807) is 20.4 Å². The fourth-order valence-corrected chi connectivity index (χ4v) is 9.41. The van der Waals surface area contributed by atoms with Gasteiger partial charge in [0, 0.05) is 73.7 Å². The second-order valence-electron chi connectivity index (χ2n) is 19.8. The van der Waals surface area contributed by atoms with E-state index < -0.39 is 13.9 Å². The maximum atomic E-state index is 15.3. The predicted octanol–water partition coefficient (Wildman–Crippen LogP) is 10.8. The summed E-state index contributed by atoms with van der Waals surface area (Å²) in [5, 5.41) is 10.0. The van der Waals surface area contributed by atoms with Gasteiger partial charge in [0.25, 0.3) is 11.8 Å². The molecule has 0 spiro atoms. The Hall–Kier alpha value is -6.06. The number of anilines is 2. The monoisotopic (exact) mass is 866 g/mol. The lowest BCUT2D eigenvalue weighted by Gasteiger charge is -2.36. The average Bonchev–Trinajstić information content (AvgIpc) is 3.68. The fourth-order valence-electron chi connectivity index (χ4n) is 8.37. The number of carbonyl (C=O) groups excluding carboxylic acids is 3. The lowest BCUT2D eigenvalue weighted by molar-refractivity contribution is 0.0224. The van der Waals surface area contributed by atoms with Crippen LogP contribution in [0, 0.1) is 25.2 Å². The molecule has 0 bridgehead atoms. The summed E-state index contributed by atoms with van der Waals surface area (Å²) in [5.41, 5.74) is 9.22. The molecule has 0 N–H and O–H groups in total. The highest BCUT2D eigenvalue weighted by atomic mass is 28.4. The number of nitrogens with zero attached hydrogens (tertiary/aromatic N) is 6. The molecule has 1 atom stereocenters. The molecule has 2 aromatic heterocycles. The fraction of sp³-hybridized carbons (Fsp3) is 0.412. The Kier molecular flexibility index (Phi) is 11.8. The van der Waals surface area contributed by atoms with Gasteiger partial charge in [-0.3, -0.25) is 14.5 Å². The van der Waals surface area contributed by atoms with E-state index in [0.717, 1.165) is 51.5 Å². The van der Waals surface area contributed by atoms with Crippen LogP contribution in [0.4, 0.5) is 16.2 Å². The van der Waals surface area contributed by atoms with Gasteiger partial charge in [0.15, 0.2) is 0 Å². The number of hydrogen-bond donors (Lipinski definition) is 0. The highest BCUT2D eigenvalue weighted by molar-refractivity contribution is 6.74. The smallest absolute Gasteiger partial charge is 0.410 e. The molecular weight excluding hydrogens is 805 g/mol. The lowest BCUT2D eigenvalue weighted by atomic mass is 9.90. The van der Waals surface area contributed by atoms with Crippen LogP contribution < -0.4 is 9.33 Å². The van der Waals surface area contributed by atoms with Crippen molar-refractivity contribution in [3.8, 4) is 23.1 Å². The van der Waals surface area contributed by atoms with Crippen LogP contribution in [0.1, 0.15) is 109 Å². The molecule has 0 unspecified atom stereocenters. The maximum absolute atomic E-state index is 15.3. The lowest BCUT2D eigenvalue weighted by Crippen LogP contribution is -2.43. The molecule has 2 aliphatic heterocycles. The van der Waals surface area contributed by atoms with Crippen molar-refractivity contribution in [1.82, 2.24) is 18.9 Å². The van der Waals surface area contributed by atoms with Gasteiger partial charge in [-0.1, -0.05) is 45.0 Å². The third-order valence-electron chi connectivity index (χ3n) is 13.4. The first-order valence-electron chi connectivity index (χ1n) is 21.9. The molecule has 0 radical (unpaired) electrons. The predicted molar refractivity (Wildman–Crippen MR) is 251 cm³/mol. The molecule has 4 heterocycles. The zero-order valence-corrected chi connectivity index (χ0v) is 40.3. The zero-order chi connectivity index (χ0) is 45.9. The molecule has 11 nitrogen and oxygen atoms in total. The molecule has 63 heavy (non-hydrogen) atoms. The zero-order valence-electron chi connectivity index (χ0n) is 39.3. The van der Waals surface area contributed by atoms with Crippen LogP contribution in [0.5, 0.6) is 5.75 Å². The summed E-state index contributed by atoms with van der Waals surface area (Å²) >= 11 is 0. The Morgan fingerprint density at radius 3 is 2.10 bits per heavy atom. The molecule has 7 rings (SSSR count). The van der Waals surface area contributed by atoms with Crippen LogP contribution in [-0.4, -0.2) is 63.3 Å². The molecular formula is C51H62N6O5Si. The Balaban J connectivity index is 1.33. The van der Waals surface area contributed by atoms with E-state index >= 15 is 9.59 Å². The van der Waals surface area contributed by atoms with Gasteiger partial charge >= 0.3 is 6.09 Å². The summed E-state index contributed by atoms with van der Waals surface area (Å²) in [6.07, 6.45) is 0.934. The number of hydrogen-bond acceptors (Lipinski definition) is 6. The van der Waals surface area contributed by atoms with Gasteiger partial charge in [0.1, 0.15) is 23.1 Å². The summed E-state index contributed by atoms with van der Waals surface area (Å²) in [7, 11) is 1.62. The van der Waals surface area contributed by atoms with Gasteiger partial charge in [0.05, 0.1) is 11.3 Å². The molecule has 3 aromatic carbocycles. The van der Waals surface area contributed by atoms with Gasteiger partial charge in [0.2, 0.25) is 8.32 Å². The Morgan fingerprint density at radius 1 is 0.810 bits per heavy atom. The first-order valence-corrected chi connectivity index (χ1v) is 24.8. The van der Waals surface area contributed by atoms with E-state index in [1.165, 1.54) is 5.56 Å². The highest BCUT2D eigenvalue weighted by Gasteiger charge is 2.39. The van der Waals surface area contributed by atoms with Crippen molar-refractivity contribution in [2.45, 2.75) is 118 Å². The molecule has 12 heteroatoms. The molecule has 0 fully saturated rings. The van der Waals surface area contributed by atoms with Crippen molar-refractivity contribution in [3.63, 3.8) is 0 Å². The number of aromatic nitrogens is 2. The number of benzene rings is 3. The first kappa shape index (κ1) is 45.0. The number of carbonyl (C=O) groups is 3. The van der Waals surface area contributed by atoms with E-state index in [-0.39, 0.29) is 29.0 Å². The number of fused-ring (bicyclic) bond motifs is 2. The van der Waals surface area contributed by atoms with Gasteiger partial charge < -0.3 is 28.1 Å². The van der Waals surface area contributed by atoms with E-state index in [2.05, 4.69) is 65.1 Å². The van der Waals surface area contributed by atoms with E-state index in [1.807, 2.05) is 107 Å². The molecule has 330 valence electrons. The van der Waals surface area contributed by atoms with Crippen molar-refractivity contribution in [2.75, 3.05) is 11.4 Å². The molecule has 5 aromatic rings. The summed E-state index contributed by atoms with van der Waals surface area (Å²) in [5.74, 6) is 0.357. The minimum absolute atomic E-state index is 0.00544. The molecule has 0 saturated carbocycles. The van der Waals surface area contributed by atoms with Crippen molar-refractivity contribution < 1.29 is 23.5 Å². The number of nitriles is 1. The van der Waals surface area contributed by atoms with Gasteiger partial charge in [-0.05, 0) is 143 Å². The second-order valence-corrected chi connectivity index (χ2v) is 24.6. The minimum Gasteiger partial charge on any atom is -0.544 e. The largest absolute Gasteiger partial charge is 0.544 e. The van der Waals surface area contributed by atoms with Crippen molar-refractivity contribution in [1.29, 1.82) is 5.26 Å². The topological polar surface area (TPSA) is 113 Å². The van der Waals surface area contributed by atoms with Gasteiger partial charge in [-0.2, -0.15) is 5.26 Å². The minimum atomic E-state index is -2.13. The highest BCUT2D eigenvalue weighted by Crippen LogP contribution is 2.41. The standard InChI is InChI=1S/C51H62N6O5Si/c1-32-24-35-16-14-15-17-37(35)31-56(32)47(58)44-26-38-30-55(49(60)61-50(4,5)6)23-22-36(38)25-43(44)46-28-42(33(2)54(46)11)48(59)57(45-27-40(29-52)53(10)34(45)3)39-18-20-41(21-19-39)62-63(12,13)51(7,8)9/h14-21,25-28,32H,22-24,30-31H2,1-13H3/t32-/m1/s1. The van der Waals surface area contributed by atoms with Gasteiger partial charge in [-0.25, -0.2) is 4.79 Å². The maximum Gasteiger partial charge on any atom is 0.410 e. The molecule has 0 aliphatic carbocycles. The van der Waals surface area contributed by atoms with Crippen LogP contribution in [-0.2, 0) is 44.8 Å². The molecule has 3 amide bonds. The number of rotatable bonds is 7. The molecule has 2 aliphatic rings. The van der Waals surface area contributed by atoms with E-state index in [0.29, 0.717) is 54.3 Å². The Labute approximate surface area is 373 Å².